The predicted octanol–water partition coefficient (Wildman–Crippen LogP) is -0.0954. The van der Waals surface area contributed by atoms with E-state index in [0.29, 0.717) is 18.8 Å². The van der Waals surface area contributed by atoms with Crippen LogP contribution in [0, 0.1) is 0 Å². The smallest absolute Gasteiger partial charge is 0.257 e. The Morgan fingerprint density at radius 3 is 2.68 bits per heavy atom. The monoisotopic (exact) mass is 307 g/mol. The maximum Gasteiger partial charge on any atom is 0.257 e. The number of nitrogens with one attached hydrogen (secondary N) is 1. The molecule has 0 aromatic heterocycles. The van der Waals surface area contributed by atoms with Crippen LogP contribution >= 0.6 is 0 Å². The lowest BCUT2D eigenvalue weighted by Gasteiger charge is -2.29. The lowest BCUT2D eigenvalue weighted by atomic mass is 10.1. The molecule has 0 saturated carbocycles. The van der Waals surface area contributed by atoms with Crippen molar-refractivity contribution < 1.29 is 19.4 Å². The molecule has 0 radical (unpaired) electrons. The van der Waals surface area contributed by atoms with Gasteiger partial charge in [0.05, 0.1) is 19.2 Å². The van der Waals surface area contributed by atoms with E-state index in [1.165, 1.54) is 24.1 Å². The fourth-order valence-corrected chi connectivity index (χ4v) is 2.31. The van der Waals surface area contributed by atoms with Crippen molar-refractivity contribution in [1.29, 1.82) is 0 Å². The molecule has 2 amide bonds. The number of aromatic hydroxyl groups is 1. The number of likely N-dealkylation sites (N-methyl/N-ethyl adjacent to an activating group) is 1. The molecular weight excluding hydrogens is 286 g/mol. The summed E-state index contributed by atoms with van der Waals surface area (Å²) >= 11 is 0. The average molecular weight is 307 g/mol. The van der Waals surface area contributed by atoms with Crippen LogP contribution in [0.25, 0.3) is 0 Å². The maximum atomic E-state index is 12.4. The third-order valence-electron chi connectivity index (χ3n) is 3.62. The molecule has 2 N–H and O–H groups in total. The van der Waals surface area contributed by atoms with E-state index in [9.17, 15) is 14.7 Å². The van der Waals surface area contributed by atoms with Crippen LogP contribution in [0.4, 0.5) is 0 Å². The second-order valence-electron chi connectivity index (χ2n) is 5.18. The van der Waals surface area contributed by atoms with E-state index < -0.39 is 5.91 Å². The van der Waals surface area contributed by atoms with Gasteiger partial charge < -0.3 is 25.0 Å². The average Bonchev–Trinajstić information content (AvgIpc) is 2.55. The second-order valence-corrected chi connectivity index (χ2v) is 5.18. The van der Waals surface area contributed by atoms with E-state index in [4.69, 9.17) is 4.74 Å². The quantitative estimate of drug-likeness (QED) is 0.812. The van der Waals surface area contributed by atoms with Crippen molar-refractivity contribution in [2.45, 2.75) is 0 Å². The molecule has 1 aromatic carbocycles. The maximum absolute atomic E-state index is 12.4. The largest absolute Gasteiger partial charge is 0.507 e. The summed E-state index contributed by atoms with van der Waals surface area (Å²) < 4.78 is 5.05. The Labute approximate surface area is 129 Å². The van der Waals surface area contributed by atoms with Crippen LogP contribution in [0.3, 0.4) is 0 Å². The summed E-state index contributed by atoms with van der Waals surface area (Å²) in [6.45, 7) is 2.80. The molecule has 1 aliphatic rings. The molecule has 7 heteroatoms. The van der Waals surface area contributed by atoms with Crippen molar-refractivity contribution in [2.24, 2.45) is 0 Å². The van der Waals surface area contributed by atoms with Crippen LogP contribution < -0.4 is 10.1 Å². The molecule has 0 aliphatic carbocycles. The number of benzene rings is 1. The van der Waals surface area contributed by atoms with Gasteiger partial charge in [-0.3, -0.25) is 9.59 Å². The minimum Gasteiger partial charge on any atom is -0.507 e. The van der Waals surface area contributed by atoms with Crippen LogP contribution in [-0.2, 0) is 4.79 Å². The highest BCUT2D eigenvalue weighted by atomic mass is 16.5. The third kappa shape index (κ3) is 3.67. The number of carbonyl (C=O) groups excluding carboxylic acids is 2. The fraction of sp³-hybridized carbons (Fsp3) is 0.467. The van der Waals surface area contributed by atoms with Crippen LogP contribution in [0.1, 0.15) is 10.4 Å². The van der Waals surface area contributed by atoms with E-state index in [0.717, 1.165) is 13.1 Å². The first-order chi connectivity index (χ1) is 10.5. The number of rotatable bonds is 4. The minimum atomic E-state index is -0.417. The van der Waals surface area contributed by atoms with Crippen LogP contribution in [-0.4, -0.2) is 73.6 Å². The van der Waals surface area contributed by atoms with E-state index in [-0.39, 0.29) is 23.8 Å². The van der Waals surface area contributed by atoms with Crippen molar-refractivity contribution in [3.63, 3.8) is 0 Å². The van der Waals surface area contributed by atoms with Gasteiger partial charge >= 0.3 is 0 Å². The van der Waals surface area contributed by atoms with Gasteiger partial charge in [0.15, 0.2) is 0 Å². The number of phenols is 1. The molecule has 1 aromatic rings. The molecule has 1 aliphatic heterocycles. The Kier molecular flexibility index (Phi) is 5.21. The summed E-state index contributed by atoms with van der Waals surface area (Å²) in [7, 11) is 3.03. The van der Waals surface area contributed by atoms with Gasteiger partial charge in [0, 0.05) is 33.2 Å². The molecule has 120 valence electrons. The molecule has 1 heterocycles. The topological polar surface area (TPSA) is 82.1 Å². The zero-order valence-corrected chi connectivity index (χ0v) is 12.8. The van der Waals surface area contributed by atoms with Crippen LogP contribution in [0.2, 0.25) is 0 Å². The summed E-state index contributed by atoms with van der Waals surface area (Å²) in [5.41, 5.74) is 0.120. The first-order valence-electron chi connectivity index (χ1n) is 7.14. The summed E-state index contributed by atoms with van der Waals surface area (Å²) in [4.78, 5) is 27.6. The molecule has 0 bridgehead atoms. The van der Waals surface area contributed by atoms with E-state index in [2.05, 4.69) is 5.32 Å². The van der Waals surface area contributed by atoms with E-state index in [1.807, 2.05) is 0 Å². The van der Waals surface area contributed by atoms with Crippen LogP contribution in [0.5, 0.6) is 11.5 Å². The fourth-order valence-electron chi connectivity index (χ4n) is 2.31. The summed E-state index contributed by atoms with van der Waals surface area (Å²) in [5, 5.41) is 13.0. The van der Waals surface area contributed by atoms with Gasteiger partial charge in [-0.25, -0.2) is 0 Å². The van der Waals surface area contributed by atoms with Crippen LogP contribution in [0.15, 0.2) is 18.2 Å². The predicted molar refractivity (Wildman–Crippen MR) is 81.1 cm³/mol. The Bertz CT molecular complexity index is 556. The normalized spacial score (nSPS) is 14.5. The molecule has 1 fully saturated rings. The van der Waals surface area contributed by atoms with E-state index >= 15 is 0 Å². The van der Waals surface area contributed by atoms with Gasteiger partial charge in [-0.05, 0) is 18.2 Å². The number of phenolic OH excluding ortho intramolecular Hbond substituents is 1. The van der Waals surface area contributed by atoms with Crippen molar-refractivity contribution in [1.82, 2.24) is 15.1 Å². The summed E-state index contributed by atoms with van der Waals surface area (Å²) in [6, 6.07) is 4.43. The number of ether oxygens (including phenoxy) is 1. The Morgan fingerprint density at radius 1 is 1.36 bits per heavy atom. The third-order valence-corrected chi connectivity index (χ3v) is 3.62. The van der Waals surface area contributed by atoms with Crippen molar-refractivity contribution in [3.8, 4) is 11.5 Å². The molecule has 1 saturated heterocycles. The number of piperazine rings is 1. The number of carbonyl (C=O) groups is 2. The van der Waals surface area contributed by atoms with Gasteiger partial charge in [-0.1, -0.05) is 0 Å². The Balaban J connectivity index is 2.04. The summed E-state index contributed by atoms with van der Waals surface area (Å²) in [6.07, 6.45) is 0. The SMILES string of the molecule is COc1ccc(O)c(C(=O)N(C)CC(=O)N2CCNCC2)c1. The molecule has 0 unspecified atom stereocenters. The highest BCUT2D eigenvalue weighted by Gasteiger charge is 2.22. The van der Waals surface area contributed by atoms with Crippen molar-refractivity contribution in [3.05, 3.63) is 23.8 Å². The molecule has 7 nitrogen and oxygen atoms in total. The number of hydrogen-bond acceptors (Lipinski definition) is 5. The zero-order chi connectivity index (χ0) is 16.1. The van der Waals surface area contributed by atoms with Gasteiger partial charge in [-0.2, -0.15) is 0 Å². The van der Waals surface area contributed by atoms with E-state index in [1.54, 1.807) is 18.0 Å². The number of methoxy groups -OCH3 is 1. The number of nitrogens with zero attached hydrogens (tertiary/aromatic N) is 2. The van der Waals surface area contributed by atoms with Gasteiger partial charge in [-0.15, -0.1) is 0 Å². The minimum absolute atomic E-state index is 0.0184. The first kappa shape index (κ1) is 16.1. The molecule has 22 heavy (non-hydrogen) atoms. The summed E-state index contributed by atoms with van der Waals surface area (Å²) in [5.74, 6) is -0.171. The standard InChI is InChI=1S/C15H21N3O4/c1-17(10-14(20)18-7-5-16-6-8-18)15(21)12-9-11(22-2)3-4-13(12)19/h3-4,9,16,19H,5-8,10H2,1-2H3. The van der Waals surface area contributed by atoms with Crippen molar-refractivity contribution >= 4 is 11.8 Å². The Hall–Kier alpha value is -2.28. The van der Waals surface area contributed by atoms with Gasteiger partial charge in [0.25, 0.3) is 5.91 Å². The zero-order valence-electron chi connectivity index (χ0n) is 12.8. The highest BCUT2D eigenvalue weighted by molar-refractivity contribution is 5.98. The number of amides is 2. The molecule has 2 rings (SSSR count). The Morgan fingerprint density at radius 2 is 2.05 bits per heavy atom. The van der Waals surface area contributed by atoms with Gasteiger partial charge in [0.1, 0.15) is 11.5 Å². The van der Waals surface area contributed by atoms with Crippen molar-refractivity contribution in [2.75, 3.05) is 46.9 Å². The molecular formula is C15H21N3O4. The number of hydrogen-bond donors (Lipinski definition) is 2. The second kappa shape index (κ2) is 7.13. The molecule has 0 spiro atoms. The van der Waals surface area contributed by atoms with Gasteiger partial charge in [0.2, 0.25) is 5.91 Å². The lowest BCUT2D eigenvalue weighted by Crippen LogP contribution is -2.49. The highest BCUT2D eigenvalue weighted by Crippen LogP contribution is 2.23. The molecule has 0 atom stereocenters. The first-order valence-corrected chi connectivity index (χ1v) is 7.14. The lowest BCUT2D eigenvalue weighted by molar-refractivity contribution is -0.132.